The molecule has 16 heavy (non-hydrogen) atoms. The fourth-order valence-corrected chi connectivity index (χ4v) is 3.12. The standard InChI is InChI=1S/C13H24N2S/c1-10-8-15(9-11(10)2)13(16)14-12-6-4-3-5-7-12/h10-12H,3-9H2,1-2H3,(H,14,16). The maximum absolute atomic E-state index is 5.52. The average Bonchev–Trinajstić information content (AvgIpc) is 2.61. The topological polar surface area (TPSA) is 15.3 Å². The number of nitrogens with one attached hydrogen (secondary N) is 1. The molecule has 2 atom stereocenters. The third kappa shape index (κ3) is 2.88. The fourth-order valence-electron chi connectivity index (χ4n) is 2.81. The van der Waals surface area contributed by atoms with Gasteiger partial charge in [0.05, 0.1) is 0 Å². The quantitative estimate of drug-likeness (QED) is 0.710. The van der Waals surface area contributed by atoms with Crippen LogP contribution < -0.4 is 5.32 Å². The minimum Gasteiger partial charge on any atom is -0.360 e. The van der Waals surface area contributed by atoms with E-state index < -0.39 is 0 Å². The predicted molar refractivity (Wildman–Crippen MR) is 72.5 cm³/mol. The number of likely N-dealkylation sites (tertiary alicyclic amines) is 1. The highest BCUT2D eigenvalue weighted by Gasteiger charge is 2.28. The van der Waals surface area contributed by atoms with Gasteiger partial charge in [-0.2, -0.15) is 0 Å². The van der Waals surface area contributed by atoms with Gasteiger partial charge in [-0.1, -0.05) is 33.1 Å². The zero-order valence-electron chi connectivity index (χ0n) is 10.5. The van der Waals surface area contributed by atoms with Gasteiger partial charge in [-0.15, -0.1) is 0 Å². The molecule has 0 aromatic heterocycles. The minimum atomic E-state index is 0.646. The lowest BCUT2D eigenvalue weighted by Gasteiger charge is -2.28. The summed E-state index contributed by atoms with van der Waals surface area (Å²) in [4.78, 5) is 2.36. The second-order valence-electron chi connectivity index (χ2n) is 5.64. The number of thiocarbonyl (C=S) groups is 1. The largest absolute Gasteiger partial charge is 0.360 e. The maximum atomic E-state index is 5.52. The highest BCUT2D eigenvalue weighted by molar-refractivity contribution is 7.80. The van der Waals surface area contributed by atoms with Gasteiger partial charge >= 0.3 is 0 Å². The Morgan fingerprint density at radius 2 is 1.62 bits per heavy atom. The smallest absolute Gasteiger partial charge is 0.169 e. The van der Waals surface area contributed by atoms with Crippen molar-refractivity contribution in [1.29, 1.82) is 0 Å². The van der Waals surface area contributed by atoms with Gasteiger partial charge in [0.2, 0.25) is 0 Å². The molecule has 92 valence electrons. The summed E-state index contributed by atoms with van der Waals surface area (Å²) < 4.78 is 0. The Bertz CT molecular complexity index is 238. The molecule has 1 aliphatic carbocycles. The van der Waals surface area contributed by atoms with E-state index in [9.17, 15) is 0 Å². The van der Waals surface area contributed by atoms with Crippen molar-refractivity contribution in [2.45, 2.75) is 52.0 Å². The van der Waals surface area contributed by atoms with E-state index in [1.807, 2.05) is 0 Å². The van der Waals surface area contributed by atoms with Crippen LogP contribution in [0, 0.1) is 11.8 Å². The van der Waals surface area contributed by atoms with Crippen LogP contribution in [0.1, 0.15) is 46.0 Å². The van der Waals surface area contributed by atoms with Crippen molar-refractivity contribution in [3.05, 3.63) is 0 Å². The molecule has 0 aromatic rings. The van der Waals surface area contributed by atoms with Crippen LogP contribution in [0.3, 0.4) is 0 Å². The molecule has 1 heterocycles. The molecule has 0 bridgehead atoms. The summed E-state index contributed by atoms with van der Waals surface area (Å²) in [6.07, 6.45) is 6.75. The van der Waals surface area contributed by atoms with Gasteiger partial charge in [0.25, 0.3) is 0 Å². The van der Waals surface area contributed by atoms with Gasteiger partial charge in [0.1, 0.15) is 0 Å². The summed E-state index contributed by atoms with van der Waals surface area (Å²) in [5.74, 6) is 1.57. The van der Waals surface area contributed by atoms with Crippen LogP contribution in [0.2, 0.25) is 0 Å². The SMILES string of the molecule is CC1CN(C(=S)NC2CCCCC2)CC1C. The van der Waals surface area contributed by atoms with Gasteiger partial charge in [0, 0.05) is 19.1 Å². The molecule has 2 nitrogen and oxygen atoms in total. The van der Waals surface area contributed by atoms with Crippen molar-refractivity contribution < 1.29 is 0 Å². The number of rotatable bonds is 1. The van der Waals surface area contributed by atoms with Crippen LogP contribution in [0.5, 0.6) is 0 Å². The first-order valence-corrected chi connectivity index (χ1v) is 7.13. The minimum absolute atomic E-state index is 0.646. The molecule has 1 aliphatic heterocycles. The van der Waals surface area contributed by atoms with E-state index in [1.165, 1.54) is 32.1 Å². The van der Waals surface area contributed by atoms with E-state index in [4.69, 9.17) is 12.2 Å². The third-order valence-corrected chi connectivity index (χ3v) is 4.58. The van der Waals surface area contributed by atoms with E-state index >= 15 is 0 Å². The van der Waals surface area contributed by atoms with Crippen molar-refractivity contribution in [3.63, 3.8) is 0 Å². The fraction of sp³-hybridized carbons (Fsp3) is 0.923. The predicted octanol–water partition coefficient (Wildman–Crippen LogP) is 2.78. The Hall–Kier alpha value is -0.310. The summed E-state index contributed by atoms with van der Waals surface area (Å²) in [6, 6.07) is 0.646. The molecule has 1 saturated heterocycles. The zero-order chi connectivity index (χ0) is 11.5. The summed E-state index contributed by atoms with van der Waals surface area (Å²) in [5.41, 5.74) is 0. The van der Waals surface area contributed by atoms with E-state index in [2.05, 4.69) is 24.1 Å². The van der Waals surface area contributed by atoms with Crippen LogP contribution in [-0.2, 0) is 0 Å². The normalized spacial score (nSPS) is 31.8. The van der Waals surface area contributed by atoms with Gasteiger partial charge in [-0.25, -0.2) is 0 Å². The first-order chi connectivity index (χ1) is 7.66. The molecular formula is C13H24N2S. The van der Waals surface area contributed by atoms with Gasteiger partial charge in [-0.3, -0.25) is 0 Å². The Morgan fingerprint density at radius 3 is 2.19 bits per heavy atom. The lowest BCUT2D eigenvalue weighted by molar-refractivity contribution is 0.391. The first-order valence-electron chi connectivity index (χ1n) is 6.72. The molecular weight excluding hydrogens is 216 g/mol. The highest BCUT2D eigenvalue weighted by atomic mass is 32.1. The number of hydrogen-bond acceptors (Lipinski definition) is 1. The van der Waals surface area contributed by atoms with E-state index in [1.54, 1.807) is 0 Å². The van der Waals surface area contributed by atoms with Crippen molar-refractivity contribution in [3.8, 4) is 0 Å². The second-order valence-corrected chi connectivity index (χ2v) is 6.03. The summed E-state index contributed by atoms with van der Waals surface area (Å²) in [5, 5.41) is 4.56. The Balaban J connectivity index is 1.79. The molecule has 0 amide bonds. The average molecular weight is 240 g/mol. The van der Waals surface area contributed by atoms with Crippen LogP contribution in [0.25, 0.3) is 0 Å². The number of hydrogen-bond donors (Lipinski definition) is 1. The van der Waals surface area contributed by atoms with E-state index in [-0.39, 0.29) is 0 Å². The lowest BCUT2D eigenvalue weighted by Crippen LogP contribution is -2.44. The molecule has 1 saturated carbocycles. The third-order valence-electron chi connectivity index (χ3n) is 4.21. The molecule has 2 fully saturated rings. The lowest BCUT2D eigenvalue weighted by atomic mass is 9.96. The van der Waals surface area contributed by atoms with Crippen molar-refractivity contribution in [2.24, 2.45) is 11.8 Å². The van der Waals surface area contributed by atoms with E-state index in [0.717, 1.165) is 30.0 Å². The first kappa shape index (κ1) is 12.2. The van der Waals surface area contributed by atoms with Crippen LogP contribution >= 0.6 is 12.2 Å². The second kappa shape index (κ2) is 5.35. The molecule has 0 spiro atoms. The monoisotopic (exact) mass is 240 g/mol. The summed E-state index contributed by atoms with van der Waals surface area (Å²) >= 11 is 5.52. The highest BCUT2D eigenvalue weighted by Crippen LogP contribution is 2.23. The maximum Gasteiger partial charge on any atom is 0.169 e. The molecule has 0 radical (unpaired) electrons. The van der Waals surface area contributed by atoms with Crippen LogP contribution in [0.4, 0.5) is 0 Å². The molecule has 0 aromatic carbocycles. The molecule has 3 heteroatoms. The Labute approximate surface area is 105 Å². The van der Waals surface area contributed by atoms with Gasteiger partial charge in [-0.05, 0) is 36.9 Å². The Kier molecular flexibility index (Phi) is 4.06. The molecule has 2 aliphatic rings. The Morgan fingerprint density at radius 1 is 1.06 bits per heavy atom. The van der Waals surface area contributed by atoms with E-state index in [0.29, 0.717) is 6.04 Å². The van der Waals surface area contributed by atoms with Gasteiger partial charge < -0.3 is 10.2 Å². The molecule has 1 N–H and O–H groups in total. The summed E-state index contributed by atoms with van der Waals surface area (Å²) in [6.45, 7) is 6.93. The zero-order valence-corrected chi connectivity index (χ0v) is 11.4. The van der Waals surface area contributed by atoms with Crippen LogP contribution in [0.15, 0.2) is 0 Å². The van der Waals surface area contributed by atoms with Crippen molar-refractivity contribution in [1.82, 2.24) is 10.2 Å². The molecule has 2 unspecified atom stereocenters. The van der Waals surface area contributed by atoms with Crippen molar-refractivity contribution in [2.75, 3.05) is 13.1 Å². The molecule has 2 rings (SSSR count). The van der Waals surface area contributed by atoms with Crippen molar-refractivity contribution >= 4 is 17.3 Å². The van der Waals surface area contributed by atoms with Crippen LogP contribution in [-0.4, -0.2) is 29.1 Å². The van der Waals surface area contributed by atoms with Gasteiger partial charge in [0.15, 0.2) is 5.11 Å². The summed E-state index contributed by atoms with van der Waals surface area (Å²) in [7, 11) is 0. The number of nitrogens with zero attached hydrogens (tertiary/aromatic N) is 1.